The number of Topliss-reactive ketones (excluding diaryl/α,β-unsaturated/α-hetero) is 1. The molecule has 29 heavy (non-hydrogen) atoms. The van der Waals surface area contributed by atoms with E-state index in [1.54, 1.807) is 0 Å². The Morgan fingerprint density at radius 3 is 2.72 bits per heavy atom. The van der Waals surface area contributed by atoms with Gasteiger partial charge in [-0.15, -0.1) is 0 Å². The van der Waals surface area contributed by atoms with E-state index in [0.717, 1.165) is 64.5 Å². The molecule has 0 amide bonds. The molecule has 5 fully saturated rings. The maximum absolute atomic E-state index is 12.6. The number of ketones is 1. The van der Waals surface area contributed by atoms with Gasteiger partial charge in [0.2, 0.25) is 0 Å². The minimum Gasteiger partial charge on any atom is -0.391 e. The van der Waals surface area contributed by atoms with E-state index >= 15 is 0 Å². The fourth-order valence-electron chi connectivity index (χ4n) is 7.86. The summed E-state index contributed by atoms with van der Waals surface area (Å²) in [4.78, 5) is 30.4. The molecule has 1 heterocycles. The number of hydrogen-bond acceptors (Lipinski definition) is 6. The molecule has 5 rings (SSSR count). The van der Waals surface area contributed by atoms with Crippen LogP contribution in [0.15, 0.2) is 10.3 Å². The van der Waals surface area contributed by atoms with E-state index in [-0.39, 0.29) is 23.0 Å². The van der Waals surface area contributed by atoms with Gasteiger partial charge in [-0.2, -0.15) is 4.91 Å². The zero-order valence-electron chi connectivity index (χ0n) is 17.9. The van der Waals surface area contributed by atoms with Gasteiger partial charge in [0.05, 0.1) is 11.8 Å². The lowest BCUT2D eigenvalue weighted by molar-refractivity contribution is -0.138. The molecule has 0 aromatic rings. The molecule has 4 saturated carbocycles. The van der Waals surface area contributed by atoms with Gasteiger partial charge in [0.15, 0.2) is 0 Å². The summed E-state index contributed by atoms with van der Waals surface area (Å²) in [5, 5.41) is 11.5. The quantitative estimate of drug-likeness (QED) is 0.571. The Hall–Kier alpha value is -1.30. The predicted octanol–water partition coefficient (Wildman–Crippen LogP) is 4.08. The van der Waals surface area contributed by atoms with Crippen molar-refractivity contribution in [2.45, 2.75) is 83.8 Å². The molecule has 0 aromatic carbocycles. The molecule has 0 radical (unpaired) electrons. The first kappa shape index (κ1) is 19.7. The van der Waals surface area contributed by atoms with Crippen LogP contribution in [0.2, 0.25) is 0 Å². The summed E-state index contributed by atoms with van der Waals surface area (Å²) in [6.45, 7) is 6.51. The van der Waals surface area contributed by atoms with E-state index in [4.69, 9.17) is 4.84 Å². The number of carbonyl (C=O) groups excluding carboxylic acids is 1. The molecule has 1 saturated heterocycles. The van der Waals surface area contributed by atoms with Crippen LogP contribution in [0.1, 0.15) is 71.6 Å². The van der Waals surface area contributed by atoms with Gasteiger partial charge in [0.1, 0.15) is 11.9 Å². The Kier molecular flexibility index (Phi) is 4.84. The minimum absolute atomic E-state index is 0.145. The maximum Gasteiger partial charge on any atom is 0.141 e. The van der Waals surface area contributed by atoms with Crippen molar-refractivity contribution in [1.29, 1.82) is 0 Å². The number of rotatable bonds is 3. The lowest BCUT2D eigenvalue weighted by atomic mass is 9.44. The van der Waals surface area contributed by atoms with Gasteiger partial charge in [-0.3, -0.25) is 4.79 Å². The lowest BCUT2D eigenvalue weighted by Crippen LogP contribution is -2.57. The van der Waals surface area contributed by atoms with Crippen LogP contribution in [-0.2, 0) is 9.63 Å². The van der Waals surface area contributed by atoms with Crippen molar-refractivity contribution in [2.75, 3.05) is 13.1 Å². The Morgan fingerprint density at radius 2 is 1.97 bits per heavy atom. The van der Waals surface area contributed by atoms with Crippen molar-refractivity contribution < 1.29 is 9.63 Å². The number of nitrogens with one attached hydrogen (secondary N) is 1. The van der Waals surface area contributed by atoms with Crippen LogP contribution < -0.4 is 5.32 Å². The molecule has 0 aromatic heterocycles. The van der Waals surface area contributed by atoms with Crippen LogP contribution in [0.5, 0.6) is 0 Å². The molecular weight excluding hydrogens is 366 g/mol. The number of nitrogens with zero attached hydrogens (tertiary/aromatic N) is 2. The van der Waals surface area contributed by atoms with Crippen LogP contribution >= 0.6 is 0 Å². The van der Waals surface area contributed by atoms with E-state index in [1.807, 2.05) is 0 Å². The SMILES string of the molecule is C[C@]12CCC(=NO[C@@H]3CCNC3)CC1CC(N=O)[C@@H]1[C@@H]2CC[C@]2(C)C(=O)CC[C@@H]12. The zero-order chi connectivity index (χ0) is 20.2. The fraction of sp³-hybridized carbons (Fsp3) is 0.913. The van der Waals surface area contributed by atoms with Gasteiger partial charge in [0.25, 0.3) is 0 Å². The second-order valence-corrected chi connectivity index (χ2v) is 10.9. The van der Waals surface area contributed by atoms with Crippen molar-refractivity contribution in [3.05, 3.63) is 4.91 Å². The summed E-state index contributed by atoms with van der Waals surface area (Å²) in [7, 11) is 0. The first-order valence-corrected chi connectivity index (χ1v) is 11.7. The lowest BCUT2D eigenvalue weighted by Gasteiger charge is -2.60. The van der Waals surface area contributed by atoms with Crippen molar-refractivity contribution in [2.24, 2.45) is 44.8 Å². The normalized spacial score (nSPS) is 50.7. The smallest absolute Gasteiger partial charge is 0.141 e. The van der Waals surface area contributed by atoms with E-state index in [9.17, 15) is 9.70 Å². The second-order valence-electron chi connectivity index (χ2n) is 10.9. The molecule has 6 heteroatoms. The molecule has 1 N–H and O–H groups in total. The number of nitroso groups, excluding NO2 is 1. The molecule has 4 aliphatic carbocycles. The monoisotopic (exact) mass is 401 g/mol. The molecule has 160 valence electrons. The standard InChI is InChI=1S/C23H35N3O3/c1-22-8-5-15(26-29-16-7-10-24-13-16)11-14(22)12-19(25-28)21-17-3-4-20(27)23(17,2)9-6-18(21)22/h14,16-19,21,24H,3-13H2,1-2H3/t14?,16-,17+,18+,19?,21+,22+,23+/m1/s1. The Balaban J connectivity index is 1.37. The first-order chi connectivity index (χ1) is 14.0. The summed E-state index contributed by atoms with van der Waals surface area (Å²) in [5.74, 6) is 2.02. The molecule has 0 spiro atoms. The van der Waals surface area contributed by atoms with Gasteiger partial charge in [0, 0.05) is 24.8 Å². The molecule has 0 bridgehead atoms. The van der Waals surface area contributed by atoms with Crippen LogP contribution in [0, 0.1) is 39.4 Å². The highest BCUT2D eigenvalue weighted by atomic mass is 16.6. The average Bonchev–Trinajstić information content (AvgIpc) is 3.34. The van der Waals surface area contributed by atoms with Crippen molar-refractivity contribution in [1.82, 2.24) is 5.32 Å². The molecule has 8 atom stereocenters. The van der Waals surface area contributed by atoms with Crippen LogP contribution in [0.25, 0.3) is 0 Å². The highest BCUT2D eigenvalue weighted by Gasteiger charge is 2.63. The zero-order valence-corrected chi connectivity index (χ0v) is 17.9. The van der Waals surface area contributed by atoms with Crippen LogP contribution in [-0.4, -0.2) is 36.7 Å². The van der Waals surface area contributed by atoms with E-state index < -0.39 is 0 Å². The average molecular weight is 402 g/mol. The van der Waals surface area contributed by atoms with E-state index in [1.165, 1.54) is 5.71 Å². The topological polar surface area (TPSA) is 80.1 Å². The molecule has 2 unspecified atom stereocenters. The Labute approximate surface area is 173 Å². The summed E-state index contributed by atoms with van der Waals surface area (Å²) in [5.41, 5.74) is 1.18. The molecular formula is C23H35N3O3. The Morgan fingerprint density at radius 1 is 1.10 bits per heavy atom. The van der Waals surface area contributed by atoms with Crippen molar-refractivity contribution in [3.63, 3.8) is 0 Å². The highest BCUT2D eigenvalue weighted by Crippen LogP contribution is 2.65. The summed E-state index contributed by atoms with van der Waals surface area (Å²) >= 11 is 0. The summed E-state index contributed by atoms with van der Waals surface area (Å²) in [6.07, 6.45) is 8.84. The van der Waals surface area contributed by atoms with Gasteiger partial charge in [-0.25, -0.2) is 0 Å². The van der Waals surface area contributed by atoms with Crippen molar-refractivity contribution in [3.8, 4) is 0 Å². The van der Waals surface area contributed by atoms with Crippen molar-refractivity contribution >= 4 is 11.5 Å². The second kappa shape index (κ2) is 7.14. The number of oxime groups is 1. The molecule has 1 aliphatic heterocycles. The third kappa shape index (κ3) is 3.00. The van der Waals surface area contributed by atoms with Gasteiger partial charge in [-0.05, 0) is 80.6 Å². The largest absolute Gasteiger partial charge is 0.391 e. The van der Waals surface area contributed by atoms with Gasteiger partial charge >= 0.3 is 0 Å². The number of hydrogen-bond donors (Lipinski definition) is 1. The Bertz CT molecular complexity index is 718. The third-order valence-corrected chi connectivity index (χ3v) is 9.71. The van der Waals surface area contributed by atoms with Crippen LogP contribution in [0.4, 0.5) is 0 Å². The van der Waals surface area contributed by atoms with Gasteiger partial charge in [-0.1, -0.05) is 24.2 Å². The summed E-state index contributed by atoms with van der Waals surface area (Å²) in [6, 6.07) is -0.145. The van der Waals surface area contributed by atoms with E-state index in [2.05, 4.69) is 29.5 Å². The van der Waals surface area contributed by atoms with Crippen LogP contribution in [0.3, 0.4) is 0 Å². The highest BCUT2D eigenvalue weighted by molar-refractivity contribution is 5.87. The number of carbonyl (C=O) groups is 1. The minimum atomic E-state index is -0.211. The predicted molar refractivity (Wildman–Crippen MR) is 111 cm³/mol. The first-order valence-electron chi connectivity index (χ1n) is 11.7. The van der Waals surface area contributed by atoms with E-state index in [0.29, 0.717) is 35.9 Å². The van der Waals surface area contributed by atoms with Gasteiger partial charge < -0.3 is 10.2 Å². The number of fused-ring (bicyclic) bond motifs is 5. The fourth-order valence-corrected chi connectivity index (χ4v) is 7.86. The molecule has 5 aliphatic rings. The third-order valence-electron chi connectivity index (χ3n) is 9.71. The maximum atomic E-state index is 12.6. The summed E-state index contributed by atoms with van der Waals surface area (Å²) < 4.78 is 0. The molecule has 6 nitrogen and oxygen atoms in total.